The van der Waals surface area contributed by atoms with Crippen molar-refractivity contribution in [1.82, 2.24) is 10.3 Å². The molecule has 2 heterocycles. The molecule has 0 spiro atoms. The third kappa shape index (κ3) is 3.94. The lowest BCUT2D eigenvalue weighted by Crippen LogP contribution is -2.49. The van der Waals surface area contributed by atoms with E-state index in [1.165, 1.54) is 18.2 Å². The first kappa shape index (κ1) is 16.9. The molecule has 0 amide bonds. The van der Waals surface area contributed by atoms with Crippen LogP contribution in [0, 0.1) is 11.6 Å². The molecule has 1 atom stereocenters. The molecule has 24 heavy (non-hydrogen) atoms. The molecule has 1 fully saturated rings. The van der Waals surface area contributed by atoms with Crippen LogP contribution in [-0.2, 0) is 6.61 Å². The minimum Gasteiger partial charge on any atom is -0.471 e. The van der Waals surface area contributed by atoms with E-state index in [2.05, 4.69) is 22.1 Å². The number of rotatable bonds is 4. The van der Waals surface area contributed by atoms with Crippen LogP contribution in [0.2, 0.25) is 5.02 Å². The van der Waals surface area contributed by atoms with Gasteiger partial charge >= 0.3 is 0 Å². The molecule has 0 bridgehead atoms. The number of halogens is 3. The zero-order valence-electron chi connectivity index (χ0n) is 13.2. The average molecular weight is 354 g/mol. The predicted octanol–water partition coefficient (Wildman–Crippen LogP) is 3.39. The van der Waals surface area contributed by atoms with Crippen molar-refractivity contribution in [3.05, 3.63) is 52.6 Å². The van der Waals surface area contributed by atoms with E-state index in [-0.39, 0.29) is 12.5 Å². The van der Waals surface area contributed by atoms with Crippen molar-refractivity contribution >= 4 is 17.4 Å². The van der Waals surface area contributed by atoms with E-state index < -0.39 is 11.6 Å². The topological polar surface area (TPSA) is 37.4 Å². The van der Waals surface area contributed by atoms with E-state index in [1.54, 1.807) is 12.1 Å². The predicted molar refractivity (Wildman–Crippen MR) is 89.6 cm³/mol. The van der Waals surface area contributed by atoms with Crippen molar-refractivity contribution < 1.29 is 13.5 Å². The van der Waals surface area contributed by atoms with Gasteiger partial charge in [0.1, 0.15) is 18.2 Å². The number of hydrogen-bond acceptors (Lipinski definition) is 4. The lowest BCUT2D eigenvalue weighted by Gasteiger charge is -2.32. The van der Waals surface area contributed by atoms with Crippen LogP contribution >= 0.6 is 11.6 Å². The van der Waals surface area contributed by atoms with Crippen molar-refractivity contribution in [3.63, 3.8) is 0 Å². The summed E-state index contributed by atoms with van der Waals surface area (Å²) in [6.45, 7) is 4.37. The highest BCUT2D eigenvalue weighted by Crippen LogP contribution is 2.23. The lowest BCUT2D eigenvalue weighted by atomic mass is 10.2. The molecule has 1 unspecified atom stereocenters. The van der Waals surface area contributed by atoms with Crippen LogP contribution in [0.25, 0.3) is 0 Å². The standard InChI is InChI=1S/C17H18ClF2N3O/c1-11-9-23(7-6-21-11)16-5-4-14(19)17(22-16)24-10-12-2-3-13(18)8-15(12)20/h2-5,8,11,21H,6-7,9-10H2,1H3. The maximum Gasteiger partial charge on any atom is 0.252 e. The average Bonchev–Trinajstić information content (AvgIpc) is 2.55. The van der Waals surface area contributed by atoms with Gasteiger partial charge in [0.2, 0.25) is 0 Å². The van der Waals surface area contributed by atoms with Gasteiger partial charge in [0.05, 0.1) is 0 Å². The van der Waals surface area contributed by atoms with Gasteiger partial charge < -0.3 is 15.0 Å². The van der Waals surface area contributed by atoms with Crippen LogP contribution < -0.4 is 15.0 Å². The fraction of sp³-hybridized carbons (Fsp3) is 0.353. The summed E-state index contributed by atoms with van der Waals surface area (Å²) in [4.78, 5) is 6.31. The first-order valence-corrected chi connectivity index (χ1v) is 8.12. The first-order chi connectivity index (χ1) is 11.5. The lowest BCUT2D eigenvalue weighted by molar-refractivity contribution is 0.272. The number of piperazine rings is 1. The molecule has 1 aliphatic heterocycles. The van der Waals surface area contributed by atoms with Gasteiger partial charge in [-0.15, -0.1) is 0 Å². The van der Waals surface area contributed by atoms with Crippen molar-refractivity contribution in [2.24, 2.45) is 0 Å². The number of nitrogens with zero attached hydrogens (tertiary/aromatic N) is 2. The number of anilines is 1. The van der Waals surface area contributed by atoms with Gasteiger partial charge in [-0.3, -0.25) is 0 Å². The number of nitrogens with one attached hydrogen (secondary N) is 1. The van der Waals surface area contributed by atoms with E-state index in [4.69, 9.17) is 16.3 Å². The van der Waals surface area contributed by atoms with Crippen molar-refractivity contribution in [2.75, 3.05) is 24.5 Å². The number of ether oxygens (including phenoxy) is 1. The molecule has 1 aromatic carbocycles. The molecule has 1 saturated heterocycles. The smallest absolute Gasteiger partial charge is 0.252 e. The molecule has 128 valence electrons. The third-order valence-electron chi connectivity index (χ3n) is 3.87. The Morgan fingerprint density at radius 2 is 2.12 bits per heavy atom. The van der Waals surface area contributed by atoms with Gasteiger partial charge in [0, 0.05) is 36.3 Å². The molecule has 0 aliphatic carbocycles. The van der Waals surface area contributed by atoms with Crippen molar-refractivity contribution in [3.8, 4) is 5.88 Å². The number of benzene rings is 1. The van der Waals surface area contributed by atoms with Crippen LogP contribution in [0.3, 0.4) is 0 Å². The van der Waals surface area contributed by atoms with E-state index in [9.17, 15) is 8.78 Å². The second-order valence-corrected chi connectivity index (χ2v) is 6.22. The van der Waals surface area contributed by atoms with Crippen LogP contribution in [0.1, 0.15) is 12.5 Å². The Kier molecular flexibility index (Phi) is 5.16. The van der Waals surface area contributed by atoms with Crippen molar-refractivity contribution in [2.45, 2.75) is 19.6 Å². The molecule has 1 N–H and O–H groups in total. The van der Waals surface area contributed by atoms with Gasteiger partial charge in [0.15, 0.2) is 5.82 Å². The molecule has 4 nitrogen and oxygen atoms in total. The molecular formula is C17H18ClF2N3O. The second-order valence-electron chi connectivity index (χ2n) is 5.78. The maximum atomic E-state index is 13.9. The fourth-order valence-electron chi connectivity index (χ4n) is 2.62. The summed E-state index contributed by atoms with van der Waals surface area (Å²) in [5.41, 5.74) is 0.293. The van der Waals surface area contributed by atoms with Gasteiger partial charge in [-0.2, -0.15) is 4.98 Å². The highest BCUT2D eigenvalue weighted by molar-refractivity contribution is 6.30. The normalized spacial score (nSPS) is 17.8. The molecule has 7 heteroatoms. The van der Waals surface area contributed by atoms with Crippen LogP contribution in [0.5, 0.6) is 5.88 Å². The molecule has 2 aromatic rings. The third-order valence-corrected chi connectivity index (χ3v) is 4.11. The Hall–Kier alpha value is -1.92. The van der Waals surface area contributed by atoms with Gasteiger partial charge in [0.25, 0.3) is 5.88 Å². The number of aromatic nitrogens is 1. The maximum absolute atomic E-state index is 13.9. The largest absolute Gasteiger partial charge is 0.471 e. The van der Waals surface area contributed by atoms with Crippen LogP contribution in [-0.4, -0.2) is 30.7 Å². The monoisotopic (exact) mass is 353 g/mol. The Morgan fingerprint density at radius 3 is 2.88 bits per heavy atom. The summed E-state index contributed by atoms with van der Waals surface area (Å²) in [5, 5.41) is 3.64. The summed E-state index contributed by atoms with van der Waals surface area (Å²) in [6, 6.07) is 7.55. The zero-order chi connectivity index (χ0) is 17.1. The molecule has 0 saturated carbocycles. The highest BCUT2D eigenvalue weighted by atomic mass is 35.5. The van der Waals surface area contributed by atoms with E-state index in [0.717, 1.165) is 19.6 Å². The first-order valence-electron chi connectivity index (χ1n) is 7.74. The van der Waals surface area contributed by atoms with Crippen LogP contribution in [0.4, 0.5) is 14.6 Å². The summed E-state index contributed by atoms with van der Waals surface area (Å²) in [6.07, 6.45) is 0. The summed E-state index contributed by atoms with van der Waals surface area (Å²) < 4.78 is 33.1. The second kappa shape index (κ2) is 7.32. The molecular weight excluding hydrogens is 336 g/mol. The molecule has 1 aliphatic rings. The fourth-order valence-corrected chi connectivity index (χ4v) is 2.78. The van der Waals surface area contributed by atoms with Crippen molar-refractivity contribution in [1.29, 1.82) is 0 Å². The highest BCUT2D eigenvalue weighted by Gasteiger charge is 2.18. The Labute approximate surface area is 144 Å². The molecule has 3 rings (SSSR count). The van der Waals surface area contributed by atoms with E-state index >= 15 is 0 Å². The van der Waals surface area contributed by atoms with Gasteiger partial charge in [-0.1, -0.05) is 17.7 Å². The molecule has 0 radical (unpaired) electrons. The quantitative estimate of drug-likeness (QED) is 0.914. The Bertz CT molecular complexity index is 729. The Balaban J connectivity index is 1.74. The van der Waals surface area contributed by atoms with E-state index in [0.29, 0.717) is 22.4 Å². The number of hydrogen-bond donors (Lipinski definition) is 1. The minimum atomic E-state index is -0.573. The summed E-state index contributed by atoms with van der Waals surface area (Å²) in [5.74, 6) is -0.546. The van der Waals surface area contributed by atoms with Gasteiger partial charge in [-0.05, 0) is 31.2 Å². The summed E-state index contributed by atoms with van der Waals surface area (Å²) >= 11 is 5.71. The zero-order valence-corrected chi connectivity index (χ0v) is 14.0. The Morgan fingerprint density at radius 1 is 1.29 bits per heavy atom. The molecule has 1 aromatic heterocycles. The number of pyridine rings is 1. The SMILES string of the molecule is CC1CN(c2ccc(F)c(OCc3ccc(Cl)cc3F)n2)CCN1. The van der Waals surface area contributed by atoms with E-state index in [1.807, 2.05) is 0 Å². The van der Waals surface area contributed by atoms with Gasteiger partial charge in [-0.25, -0.2) is 8.78 Å². The summed E-state index contributed by atoms with van der Waals surface area (Å²) in [7, 11) is 0. The minimum absolute atomic E-state index is 0.117. The van der Waals surface area contributed by atoms with Crippen LogP contribution in [0.15, 0.2) is 30.3 Å².